The number of benzene rings is 2. The van der Waals surface area contributed by atoms with Crippen LogP contribution >= 0.6 is 11.8 Å². The quantitative estimate of drug-likeness (QED) is 0.304. The number of furan rings is 1. The molecule has 31 heavy (non-hydrogen) atoms. The van der Waals surface area contributed by atoms with Crippen LogP contribution in [-0.2, 0) is 21.9 Å². The van der Waals surface area contributed by atoms with Gasteiger partial charge in [-0.1, -0.05) is 29.8 Å². The number of aryl methyl sites for hydroxylation is 1. The molecular formula is C23H18N2O5S. The van der Waals surface area contributed by atoms with Crippen LogP contribution in [0.25, 0.3) is 5.57 Å². The molecule has 1 aliphatic rings. The van der Waals surface area contributed by atoms with E-state index in [1.807, 2.05) is 31.2 Å². The van der Waals surface area contributed by atoms with Gasteiger partial charge in [-0.2, -0.15) is 0 Å². The van der Waals surface area contributed by atoms with Crippen molar-refractivity contribution < 1.29 is 18.9 Å². The normalized spacial score (nSPS) is 13.9. The highest BCUT2D eigenvalue weighted by Gasteiger charge is 2.39. The second-order valence-corrected chi connectivity index (χ2v) is 8.04. The van der Waals surface area contributed by atoms with E-state index in [9.17, 15) is 19.7 Å². The maximum atomic E-state index is 13.3. The maximum Gasteiger partial charge on any atom is 0.269 e. The Kier molecular flexibility index (Phi) is 5.73. The molecule has 4 rings (SSSR count). The lowest BCUT2D eigenvalue weighted by Crippen LogP contribution is -2.30. The number of non-ortho nitro benzene ring substituents is 1. The summed E-state index contributed by atoms with van der Waals surface area (Å²) in [5.74, 6) is 0.269. The fraction of sp³-hybridized carbons (Fsp3) is 0.130. The largest absolute Gasteiger partial charge is 0.468 e. The highest BCUT2D eigenvalue weighted by molar-refractivity contribution is 8.03. The molecule has 0 saturated carbocycles. The molecule has 0 fully saturated rings. The number of nitrogens with zero attached hydrogens (tertiary/aromatic N) is 2. The number of nitro benzene ring substituents is 1. The zero-order valence-corrected chi connectivity index (χ0v) is 17.4. The highest BCUT2D eigenvalue weighted by Crippen LogP contribution is 2.38. The first-order valence-electron chi connectivity index (χ1n) is 9.50. The molecule has 0 unspecified atom stereocenters. The van der Waals surface area contributed by atoms with Gasteiger partial charge in [-0.15, -0.1) is 11.8 Å². The molecule has 0 aliphatic carbocycles. The van der Waals surface area contributed by atoms with Gasteiger partial charge in [0.05, 0.1) is 34.0 Å². The molecule has 0 spiro atoms. The third kappa shape index (κ3) is 4.29. The van der Waals surface area contributed by atoms with Crippen molar-refractivity contribution in [3.8, 4) is 0 Å². The molecule has 1 aromatic heterocycles. The van der Waals surface area contributed by atoms with Gasteiger partial charge in [0.25, 0.3) is 17.5 Å². The summed E-state index contributed by atoms with van der Waals surface area (Å²) in [5.41, 5.74) is 2.57. The van der Waals surface area contributed by atoms with Crippen LogP contribution in [0.5, 0.6) is 0 Å². The van der Waals surface area contributed by atoms with Crippen molar-refractivity contribution >= 4 is 34.8 Å². The Bertz CT molecular complexity index is 1170. The average Bonchev–Trinajstić information content (AvgIpc) is 3.36. The van der Waals surface area contributed by atoms with Gasteiger partial charge >= 0.3 is 0 Å². The van der Waals surface area contributed by atoms with Crippen LogP contribution in [0.1, 0.15) is 22.5 Å². The molecular weight excluding hydrogens is 416 g/mol. The number of nitro groups is 1. The van der Waals surface area contributed by atoms with E-state index in [1.165, 1.54) is 40.9 Å². The first-order valence-corrected chi connectivity index (χ1v) is 10.5. The van der Waals surface area contributed by atoms with E-state index in [2.05, 4.69) is 0 Å². The van der Waals surface area contributed by atoms with Gasteiger partial charge in [0, 0.05) is 12.1 Å². The molecule has 7 nitrogen and oxygen atoms in total. The zero-order chi connectivity index (χ0) is 22.0. The van der Waals surface area contributed by atoms with Crippen LogP contribution in [0.2, 0.25) is 0 Å². The minimum Gasteiger partial charge on any atom is -0.468 e. The first-order chi connectivity index (χ1) is 14.9. The topological polar surface area (TPSA) is 93.7 Å². The number of thioether (sulfide) groups is 1. The molecule has 0 N–H and O–H groups in total. The molecule has 0 radical (unpaired) electrons. The number of amides is 2. The van der Waals surface area contributed by atoms with E-state index in [4.69, 9.17) is 4.42 Å². The van der Waals surface area contributed by atoms with E-state index in [-0.39, 0.29) is 23.7 Å². The second-order valence-electron chi connectivity index (χ2n) is 7.06. The van der Waals surface area contributed by atoms with Crippen LogP contribution in [0.15, 0.2) is 76.2 Å². The van der Waals surface area contributed by atoms with Gasteiger partial charge in [0.1, 0.15) is 5.76 Å². The van der Waals surface area contributed by atoms with Crippen molar-refractivity contribution in [1.82, 2.24) is 4.90 Å². The number of carbonyl (C=O) groups excluding carboxylic acids is 2. The van der Waals surface area contributed by atoms with E-state index in [0.717, 1.165) is 11.1 Å². The highest BCUT2D eigenvalue weighted by atomic mass is 32.2. The van der Waals surface area contributed by atoms with Gasteiger partial charge in [0.2, 0.25) is 0 Å². The van der Waals surface area contributed by atoms with Gasteiger partial charge in [-0.3, -0.25) is 24.6 Å². The molecule has 1 aliphatic heterocycles. The number of rotatable bonds is 7. The van der Waals surface area contributed by atoms with Crippen molar-refractivity contribution in [1.29, 1.82) is 0 Å². The summed E-state index contributed by atoms with van der Waals surface area (Å²) >= 11 is 1.22. The second kappa shape index (κ2) is 8.61. The smallest absolute Gasteiger partial charge is 0.269 e. The summed E-state index contributed by atoms with van der Waals surface area (Å²) < 4.78 is 5.34. The van der Waals surface area contributed by atoms with Gasteiger partial charge in [0.15, 0.2) is 0 Å². The Morgan fingerprint density at radius 3 is 2.32 bits per heavy atom. The Labute approximate surface area is 182 Å². The zero-order valence-electron chi connectivity index (χ0n) is 16.6. The average molecular weight is 434 g/mol. The summed E-state index contributed by atoms with van der Waals surface area (Å²) in [4.78, 5) is 38.4. The molecule has 0 atom stereocenters. The SMILES string of the molecule is Cc1ccc(CN2C(=O)C(SCc3ccco3)=C(c3ccc([N+](=O)[O-])cc3)C2=O)cc1. The molecule has 0 saturated heterocycles. The van der Waals surface area contributed by atoms with Gasteiger partial charge in [-0.25, -0.2) is 0 Å². The van der Waals surface area contributed by atoms with E-state index in [0.29, 0.717) is 22.0 Å². The van der Waals surface area contributed by atoms with Gasteiger partial charge in [-0.05, 0) is 42.3 Å². The lowest BCUT2D eigenvalue weighted by atomic mass is 10.1. The van der Waals surface area contributed by atoms with E-state index >= 15 is 0 Å². The third-order valence-electron chi connectivity index (χ3n) is 4.89. The Morgan fingerprint density at radius 1 is 1.00 bits per heavy atom. The molecule has 2 aromatic carbocycles. The fourth-order valence-electron chi connectivity index (χ4n) is 3.25. The molecule has 8 heteroatoms. The summed E-state index contributed by atoms with van der Waals surface area (Å²) in [6.07, 6.45) is 1.55. The summed E-state index contributed by atoms with van der Waals surface area (Å²) in [7, 11) is 0. The lowest BCUT2D eigenvalue weighted by Gasteiger charge is -2.15. The Hall–Kier alpha value is -3.65. The standard InChI is InChI=1S/C23H18N2O5S/c1-15-4-6-16(7-5-15)13-24-22(26)20(17-8-10-18(11-9-17)25(28)29)21(23(24)27)31-14-19-3-2-12-30-19/h2-12H,13-14H2,1H3. The number of hydrogen-bond donors (Lipinski definition) is 0. The molecule has 3 aromatic rings. The lowest BCUT2D eigenvalue weighted by molar-refractivity contribution is -0.384. The minimum atomic E-state index is -0.504. The molecule has 156 valence electrons. The van der Waals surface area contributed by atoms with Crippen molar-refractivity contribution in [3.63, 3.8) is 0 Å². The molecule has 2 heterocycles. The summed E-state index contributed by atoms with van der Waals surface area (Å²) in [6, 6.07) is 16.8. The van der Waals surface area contributed by atoms with E-state index in [1.54, 1.807) is 18.4 Å². The maximum absolute atomic E-state index is 13.3. The minimum absolute atomic E-state index is 0.0811. The van der Waals surface area contributed by atoms with Crippen LogP contribution in [0.4, 0.5) is 5.69 Å². The Balaban J connectivity index is 1.67. The van der Waals surface area contributed by atoms with Crippen molar-refractivity contribution in [2.45, 2.75) is 19.2 Å². The first kappa shape index (κ1) is 20.6. The third-order valence-corrected chi connectivity index (χ3v) is 5.99. The summed E-state index contributed by atoms with van der Waals surface area (Å²) in [6.45, 7) is 2.12. The number of carbonyl (C=O) groups is 2. The number of hydrogen-bond acceptors (Lipinski definition) is 6. The van der Waals surface area contributed by atoms with Crippen LogP contribution in [0, 0.1) is 17.0 Å². The van der Waals surface area contributed by atoms with E-state index < -0.39 is 10.8 Å². The van der Waals surface area contributed by atoms with Crippen molar-refractivity contribution in [2.75, 3.05) is 0 Å². The molecule has 0 bridgehead atoms. The predicted molar refractivity (Wildman–Crippen MR) is 117 cm³/mol. The van der Waals surface area contributed by atoms with Gasteiger partial charge < -0.3 is 4.42 Å². The molecule has 2 amide bonds. The van der Waals surface area contributed by atoms with Crippen LogP contribution in [-0.4, -0.2) is 21.6 Å². The number of imide groups is 1. The van der Waals surface area contributed by atoms with Crippen molar-refractivity contribution in [3.05, 3.63) is 104 Å². The summed E-state index contributed by atoms with van der Waals surface area (Å²) in [5, 5.41) is 11.0. The monoisotopic (exact) mass is 434 g/mol. The van der Waals surface area contributed by atoms with Crippen LogP contribution < -0.4 is 0 Å². The fourth-order valence-corrected chi connectivity index (χ4v) is 4.28. The Morgan fingerprint density at radius 2 is 1.71 bits per heavy atom. The van der Waals surface area contributed by atoms with Crippen molar-refractivity contribution in [2.24, 2.45) is 0 Å². The predicted octanol–water partition coefficient (Wildman–Crippen LogP) is 4.71. The van der Waals surface area contributed by atoms with Crippen LogP contribution in [0.3, 0.4) is 0 Å².